The van der Waals surface area contributed by atoms with Gasteiger partial charge in [-0.1, -0.05) is 62.4 Å². The van der Waals surface area contributed by atoms with Crippen LogP contribution in [0.25, 0.3) is 16.7 Å². The average Bonchev–Trinajstić information content (AvgIpc) is 3.47. The molecule has 0 radical (unpaired) electrons. The Hall–Kier alpha value is -4.24. The van der Waals surface area contributed by atoms with Gasteiger partial charge in [0.15, 0.2) is 5.65 Å². The molecule has 2 atom stereocenters. The highest BCUT2D eigenvalue weighted by molar-refractivity contribution is 5.82. The van der Waals surface area contributed by atoms with Gasteiger partial charge in [0.1, 0.15) is 6.33 Å². The first-order valence-corrected chi connectivity index (χ1v) is 15.2. The Morgan fingerprint density at radius 3 is 2.30 bits per heavy atom. The SMILES string of the molecule is CC(C)C(=O)N1CC[C@@H](C(=O)N2CCC(O)(Cn3cnc4c(ccn4-c4ccccc4)c3=O)CC2)[C@H](c2ccccc2)C1. The zero-order chi connectivity index (χ0) is 30.1. The molecule has 0 aliphatic carbocycles. The van der Waals surface area contributed by atoms with Crippen molar-refractivity contribution in [3.63, 3.8) is 0 Å². The molecule has 224 valence electrons. The number of carbonyl (C=O) groups is 2. The second-order valence-corrected chi connectivity index (χ2v) is 12.3. The molecule has 2 saturated heterocycles. The lowest BCUT2D eigenvalue weighted by molar-refractivity contribution is -0.146. The van der Waals surface area contributed by atoms with Gasteiger partial charge in [0.05, 0.1) is 17.5 Å². The Morgan fingerprint density at radius 2 is 1.63 bits per heavy atom. The zero-order valence-electron chi connectivity index (χ0n) is 24.8. The molecule has 2 aliphatic heterocycles. The highest BCUT2D eigenvalue weighted by atomic mass is 16.3. The van der Waals surface area contributed by atoms with Gasteiger partial charge in [-0.3, -0.25) is 19.0 Å². The van der Waals surface area contributed by atoms with Gasteiger partial charge >= 0.3 is 0 Å². The van der Waals surface area contributed by atoms with Crippen molar-refractivity contribution >= 4 is 22.8 Å². The van der Waals surface area contributed by atoms with Crippen LogP contribution in [0.3, 0.4) is 0 Å². The predicted molar refractivity (Wildman–Crippen MR) is 165 cm³/mol. The summed E-state index contributed by atoms with van der Waals surface area (Å²) in [6, 6.07) is 21.5. The molecule has 9 nitrogen and oxygen atoms in total. The number of amides is 2. The number of hydrogen-bond donors (Lipinski definition) is 1. The monoisotopic (exact) mass is 581 g/mol. The third kappa shape index (κ3) is 5.73. The van der Waals surface area contributed by atoms with Crippen LogP contribution in [0, 0.1) is 11.8 Å². The Balaban J connectivity index is 1.14. The van der Waals surface area contributed by atoms with E-state index in [0.717, 1.165) is 11.3 Å². The van der Waals surface area contributed by atoms with E-state index < -0.39 is 5.60 Å². The standard InChI is InChI=1S/C34H39N5O4/c1-24(2)31(40)37-17-13-27(29(21-37)25-9-5-3-6-10-25)32(41)36-19-15-34(43,16-20-36)22-38-23-35-30-28(33(38)42)14-18-39(30)26-11-7-4-8-12-26/h3-12,14,18,23-24,27,29,43H,13,15-17,19-22H2,1-2H3/t27-,29+/m1/s1. The van der Waals surface area contributed by atoms with Crippen LogP contribution in [-0.2, 0) is 16.1 Å². The van der Waals surface area contributed by atoms with Gasteiger partial charge in [-0.2, -0.15) is 0 Å². The number of fused-ring (bicyclic) bond motifs is 1. The minimum Gasteiger partial charge on any atom is -0.388 e. The van der Waals surface area contributed by atoms with Crippen molar-refractivity contribution in [2.45, 2.75) is 51.2 Å². The molecule has 0 saturated carbocycles. The molecule has 2 aromatic carbocycles. The largest absolute Gasteiger partial charge is 0.388 e. The van der Waals surface area contributed by atoms with Crippen LogP contribution >= 0.6 is 0 Å². The summed E-state index contributed by atoms with van der Waals surface area (Å²) in [5, 5.41) is 12.0. The lowest BCUT2D eigenvalue weighted by Gasteiger charge is -2.43. The normalized spacial score (nSPS) is 20.5. The zero-order valence-corrected chi connectivity index (χ0v) is 24.8. The molecule has 6 rings (SSSR count). The smallest absolute Gasteiger partial charge is 0.262 e. The maximum atomic E-state index is 13.9. The minimum atomic E-state index is -1.12. The minimum absolute atomic E-state index is 0.0782. The second-order valence-electron chi connectivity index (χ2n) is 12.3. The Morgan fingerprint density at radius 1 is 0.953 bits per heavy atom. The topological polar surface area (TPSA) is 101 Å². The molecule has 4 heterocycles. The maximum absolute atomic E-state index is 13.9. The molecular weight excluding hydrogens is 542 g/mol. The van der Waals surface area contributed by atoms with Gasteiger partial charge < -0.3 is 19.5 Å². The summed E-state index contributed by atoms with van der Waals surface area (Å²) in [5.41, 5.74) is 1.25. The van der Waals surface area contributed by atoms with Crippen molar-refractivity contribution in [3.05, 3.63) is 95.2 Å². The maximum Gasteiger partial charge on any atom is 0.262 e. The third-order valence-electron chi connectivity index (χ3n) is 9.14. The average molecular weight is 582 g/mol. The molecule has 43 heavy (non-hydrogen) atoms. The molecule has 2 amide bonds. The number of nitrogens with zero attached hydrogens (tertiary/aromatic N) is 5. The fraction of sp³-hybridized carbons (Fsp3) is 0.412. The molecule has 2 fully saturated rings. The van der Waals surface area contributed by atoms with Crippen LogP contribution in [0.5, 0.6) is 0 Å². The van der Waals surface area contributed by atoms with Gasteiger partial charge in [0.2, 0.25) is 11.8 Å². The van der Waals surface area contributed by atoms with E-state index in [0.29, 0.717) is 56.5 Å². The first-order valence-electron chi connectivity index (χ1n) is 15.2. The summed E-state index contributed by atoms with van der Waals surface area (Å²) >= 11 is 0. The second kappa shape index (κ2) is 11.8. The molecule has 1 N–H and O–H groups in total. The summed E-state index contributed by atoms with van der Waals surface area (Å²) in [4.78, 5) is 48.4. The lowest BCUT2D eigenvalue weighted by Crippen LogP contribution is -2.53. The van der Waals surface area contributed by atoms with E-state index in [2.05, 4.69) is 4.98 Å². The van der Waals surface area contributed by atoms with Gasteiger partial charge in [0.25, 0.3) is 5.56 Å². The van der Waals surface area contributed by atoms with Gasteiger partial charge in [-0.25, -0.2) is 4.98 Å². The van der Waals surface area contributed by atoms with E-state index in [1.54, 1.807) is 6.07 Å². The van der Waals surface area contributed by atoms with E-state index in [1.807, 2.05) is 95.1 Å². The molecular formula is C34H39N5O4. The van der Waals surface area contributed by atoms with Crippen LogP contribution in [0.4, 0.5) is 0 Å². The molecule has 4 aromatic rings. The highest BCUT2D eigenvalue weighted by Gasteiger charge is 2.41. The van der Waals surface area contributed by atoms with Gasteiger partial charge in [0, 0.05) is 55.8 Å². The molecule has 9 heteroatoms. The molecule has 0 bridgehead atoms. The van der Waals surface area contributed by atoms with E-state index in [4.69, 9.17) is 0 Å². The Labute approximate surface area is 251 Å². The number of hydrogen-bond acceptors (Lipinski definition) is 5. The van der Waals surface area contributed by atoms with Crippen molar-refractivity contribution in [2.75, 3.05) is 26.2 Å². The fourth-order valence-electron chi connectivity index (χ4n) is 6.67. The van der Waals surface area contributed by atoms with E-state index in [9.17, 15) is 19.5 Å². The number of likely N-dealkylation sites (tertiary alicyclic amines) is 2. The summed E-state index contributed by atoms with van der Waals surface area (Å²) in [7, 11) is 0. The molecule has 0 spiro atoms. The predicted octanol–water partition coefficient (Wildman–Crippen LogP) is 3.83. The summed E-state index contributed by atoms with van der Waals surface area (Å²) in [5.74, 6) is -0.196. The van der Waals surface area contributed by atoms with Crippen molar-refractivity contribution < 1.29 is 14.7 Å². The van der Waals surface area contributed by atoms with Crippen LogP contribution in [-0.4, -0.2) is 72.6 Å². The van der Waals surface area contributed by atoms with Gasteiger partial charge in [-0.15, -0.1) is 0 Å². The number of para-hydroxylation sites is 1. The number of rotatable bonds is 6. The Kier molecular flexibility index (Phi) is 7.92. The number of benzene rings is 2. The lowest BCUT2D eigenvalue weighted by atomic mass is 9.79. The number of aromatic nitrogens is 3. The molecule has 2 aliphatic rings. The molecule has 2 aromatic heterocycles. The van der Waals surface area contributed by atoms with Crippen molar-refractivity contribution in [2.24, 2.45) is 11.8 Å². The number of carbonyl (C=O) groups excluding carboxylic acids is 2. The number of aliphatic hydroxyl groups is 1. The highest BCUT2D eigenvalue weighted by Crippen LogP contribution is 2.36. The first kappa shape index (κ1) is 28.9. The third-order valence-corrected chi connectivity index (χ3v) is 9.14. The summed E-state index contributed by atoms with van der Waals surface area (Å²) in [6.45, 7) is 5.87. The van der Waals surface area contributed by atoms with E-state index in [-0.39, 0.29) is 41.7 Å². The number of piperidine rings is 2. The Bertz CT molecular complexity index is 1650. The summed E-state index contributed by atoms with van der Waals surface area (Å²) in [6.07, 6.45) is 4.70. The summed E-state index contributed by atoms with van der Waals surface area (Å²) < 4.78 is 3.37. The van der Waals surface area contributed by atoms with E-state index in [1.165, 1.54) is 10.9 Å². The van der Waals surface area contributed by atoms with Crippen LogP contribution < -0.4 is 5.56 Å². The van der Waals surface area contributed by atoms with Crippen LogP contribution in [0.1, 0.15) is 44.6 Å². The van der Waals surface area contributed by atoms with Crippen molar-refractivity contribution in [1.29, 1.82) is 0 Å². The van der Waals surface area contributed by atoms with Crippen molar-refractivity contribution in [3.8, 4) is 5.69 Å². The van der Waals surface area contributed by atoms with Gasteiger partial charge in [-0.05, 0) is 43.0 Å². The van der Waals surface area contributed by atoms with Crippen molar-refractivity contribution in [1.82, 2.24) is 23.9 Å². The fourth-order valence-corrected chi connectivity index (χ4v) is 6.67. The quantitative estimate of drug-likeness (QED) is 0.373. The molecule has 0 unspecified atom stereocenters. The first-order chi connectivity index (χ1) is 20.7. The van der Waals surface area contributed by atoms with Crippen LogP contribution in [0.2, 0.25) is 0 Å². The van der Waals surface area contributed by atoms with E-state index >= 15 is 0 Å². The van der Waals surface area contributed by atoms with Crippen LogP contribution in [0.15, 0.2) is 84.0 Å².